The van der Waals surface area contributed by atoms with Crippen LogP contribution in [0.4, 0.5) is 0 Å². The van der Waals surface area contributed by atoms with Gasteiger partial charge in [-0.05, 0) is 31.6 Å². The summed E-state index contributed by atoms with van der Waals surface area (Å²) in [5, 5.41) is 2.93. The van der Waals surface area contributed by atoms with Crippen molar-refractivity contribution >= 4 is 17.7 Å². The van der Waals surface area contributed by atoms with Gasteiger partial charge in [0.25, 0.3) is 0 Å². The molecule has 6 heteroatoms. The predicted octanol–water partition coefficient (Wildman–Crippen LogP) is 2.17. The maximum absolute atomic E-state index is 11.8. The molecule has 124 valence electrons. The number of amides is 1. The molecule has 0 aliphatic carbocycles. The van der Waals surface area contributed by atoms with Crippen LogP contribution in [0.15, 0.2) is 18.3 Å². The molecular formula is C16H27N3O2S. The Balaban J connectivity index is 2.21. The maximum atomic E-state index is 11.8. The third kappa shape index (κ3) is 7.66. The maximum Gasteiger partial charge on any atom is 0.230 e. The van der Waals surface area contributed by atoms with E-state index in [1.165, 1.54) is 0 Å². The summed E-state index contributed by atoms with van der Waals surface area (Å²) in [6, 6.07) is 3.74. The van der Waals surface area contributed by atoms with Crippen LogP contribution in [-0.4, -0.2) is 53.5 Å². The lowest BCUT2D eigenvalue weighted by Gasteiger charge is -2.17. The molecule has 0 aromatic carbocycles. The minimum atomic E-state index is 0.0688. The first-order valence-electron chi connectivity index (χ1n) is 7.84. The van der Waals surface area contributed by atoms with Crippen LogP contribution >= 0.6 is 11.8 Å². The van der Waals surface area contributed by atoms with E-state index >= 15 is 0 Å². The number of nitrogens with one attached hydrogen (secondary N) is 1. The Labute approximate surface area is 137 Å². The molecule has 0 atom stereocenters. The first kappa shape index (κ1) is 18.8. The molecule has 5 nitrogen and oxygen atoms in total. The average Bonchev–Trinajstić information content (AvgIpc) is 2.54. The third-order valence-corrected chi connectivity index (χ3v) is 4.20. The average molecular weight is 325 g/mol. The second-order valence-electron chi connectivity index (χ2n) is 4.79. The quantitative estimate of drug-likeness (QED) is 0.632. The van der Waals surface area contributed by atoms with Crippen LogP contribution in [0, 0.1) is 0 Å². The van der Waals surface area contributed by atoms with E-state index in [4.69, 9.17) is 4.74 Å². The van der Waals surface area contributed by atoms with Gasteiger partial charge < -0.3 is 15.0 Å². The van der Waals surface area contributed by atoms with E-state index < -0.39 is 0 Å². The number of thioether (sulfide) groups is 1. The molecule has 0 unspecified atom stereocenters. The summed E-state index contributed by atoms with van der Waals surface area (Å²) in [6.07, 6.45) is 1.70. The zero-order valence-electron chi connectivity index (χ0n) is 13.8. The fourth-order valence-corrected chi connectivity index (χ4v) is 2.76. The monoisotopic (exact) mass is 325 g/mol. The summed E-state index contributed by atoms with van der Waals surface area (Å²) >= 11 is 1.68. The van der Waals surface area contributed by atoms with Crippen molar-refractivity contribution in [3.05, 3.63) is 23.9 Å². The molecule has 0 aliphatic heterocycles. The Kier molecular flexibility index (Phi) is 9.66. The van der Waals surface area contributed by atoms with Crippen molar-refractivity contribution in [3.8, 4) is 5.88 Å². The molecule has 1 N–H and O–H groups in total. The van der Waals surface area contributed by atoms with Crippen LogP contribution in [0.3, 0.4) is 0 Å². The number of hydrogen-bond donors (Lipinski definition) is 1. The van der Waals surface area contributed by atoms with E-state index in [9.17, 15) is 4.79 Å². The molecule has 0 fully saturated rings. The molecule has 0 spiro atoms. The lowest BCUT2D eigenvalue weighted by Crippen LogP contribution is -2.27. The van der Waals surface area contributed by atoms with Crippen LogP contribution < -0.4 is 10.1 Å². The highest BCUT2D eigenvalue weighted by Crippen LogP contribution is 2.09. The third-order valence-electron chi connectivity index (χ3n) is 3.26. The van der Waals surface area contributed by atoms with Gasteiger partial charge in [-0.3, -0.25) is 4.79 Å². The van der Waals surface area contributed by atoms with Crippen molar-refractivity contribution in [1.29, 1.82) is 0 Å². The fraction of sp³-hybridized carbons (Fsp3) is 0.625. The number of carbonyl (C=O) groups excluding carboxylic acids is 1. The number of ether oxygens (including phenoxy) is 1. The first-order chi connectivity index (χ1) is 10.7. The van der Waals surface area contributed by atoms with Crippen LogP contribution in [-0.2, 0) is 11.3 Å². The molecule has 0 saturated carbocycles. The van der Waals surface area contributed by atoms with Gasteiger partial charge in [-0.15, -0.1) is 0 Å². The van der Waals surface area contributed by atoms with Crippen molar-refractivity contribution in [2.75, 3.05) is 37.7 Å². The highest BCUT2D eigenvalue weighted by atomic mass is 32.2. The normalized spacial score (nSPS) is 10.7. The predicted molar refractivity (Wildman–Crippen MR) is 92.4 cm³/mol. The van der Waals surface area contributed by atoms with Gasteiger partial charge in [-0.1, -0.05) is 13.8 Å². The summed E-state index contributed by atoms with van der Waals surface area (Å²) < 4.78 is 5.34. The second-order valence-corrected chi connectivity index (χ2v) is 5.90. The largest absolute Gasteiger partial charge is 0.478 e. The molecule has 0 radical (unpaired) electrons. The van der Waals surface area contributed by atoms with Gasteiger partial charge in [0, 0.05) is 31.1 Å². The number of rotatable bonds is 11. The molecule has 1 amide bonds. The van der Waals surface area contributed by atoms with Crippen LogP contribution in [0.2, 0.25) is 0 Å². The molecule has 0 aliphatic rings. The Morgan fingerprint density at radius 1 is 1.36 bits per heavy atom. The van der Waals surface area contributed by atoms with E-state index in [1.807, 2.05) is 19.1 Å². The number of carbonyl (C=O) groups is 1. The van der Waals surface area contributed by atoms with Crippen molar-refractivity contribution in [1.82, 2.24) is 15.2 Å². The highest BCUT2D eigenvalue weighted by Gasteiger charge is 2.04. The minimum Gasteiger partial charge on any atom is -0.478 e. The van der Waals surface area contributed by atoms with Gasteiger partial charge >= 0.3 is 0 Å². The molecule has 1 heterocycles. The molecule has 22 heavy (non-hydrogen) atoms. The highest BCUT2D eigenvalue weighted by molar-refractivity contribution is 7.99. The molecular weight excluding hydrogens is 298 g/mol. The van der Waals surface area contributed by atoms with Gasteiger partial charge in [0.15, 0.2) is 0 Å². The van der Waals surface area contributed by atoms with Gasteiger partial charge in [0.1, 0.15) is 0 Å². The van der Waals surface area contributed by atoms with E-state index in [1.54, 1.807) is 18.0 Å². The van der Waals surface area contributed by atoms with Gasteiger partial charge in [-0.2, -0.15) is 11.8 Å². The summed E-state index contributed by atoms with van der Waals surface area (Å²) in [5.74, 6) is 2.16. The minimum absolute atomic E-state index is 0.0688. The number of aromatic nitrogens is 1. The van der Waals surface area contributed by atoms with E-state index in [-0.39, 0.29) is 5.91 Å². The summed E-state index contributed by atoms with van der Waals surface area (Å²) in [4.78, 5) is 18.3. The van der Waals surface area contributed by atoms with Gasteiger partial charge in [0.05, 0.1) is 12.4 Å². The Morgan fingerprint density at radius 3 is 2.82 bits per heavy atom. The Morgan fingerprint density at radius 2 is 2.14 bits per heavy atom. The summed E-state index contributed by atoms with van der Waals surface area (Å²) in [5.41, 5.74) is 1.000. The van der Waals surface area contributed by atoms with Crippen molar-refractivity contribution in [3.63, 3.8) is 0 Å². The lowest BCUT2D eigenvalue weighted by atomic mass is 10.2. The molecule has 1 aromatic heterocycles. The topological polar surface area (TPSA) is 54.5 Å². The molecule has 0 bridgehead atoms. The molecule has 1 aromatic rings. The van der Waals surface area contributed by atoms with Gasteiger partial charge in [0.2, 0.25) is 11.8 Å². The summed E-state index contributed by atoms with van der Waals surface area (Å²) in [6.45, 7) is 10.5. The Hall–Kier alpha value is -1.27. The second kappa shape index (κ2) is 11.3. The number of nitrogens with zero attached hydrogens (tertiary/aromatic N) is 2. The molecule has 1 rings (SSSR count). The standard InChI is InChI=1S/C16H27N3O2S/c1-4-19(5-2)9-10-22-13-15(20)18-12-14-7-8-17-16(11-14)21-6-3/h7-8,11H,4-6,9-10,12-13H2,1-3H3,(H,18,20). The lowest BCUT2D eigenvalue weighted by molar-refractivity contribution is -0.118. The number of hydrogen-bond acceptors (Lipinski definition) is 5. The van der Waals surface area contributed by atoms with E-state index in [0.717, 1.165) is 31.0 Å². The number of pyridine rings is 1. The smallest absolute Gasteiger partial charge is 0.230 e. The SMILES string of the molecule is CCOc1cc(CNC(=O)CSCCN(CC)CC)ccn1. The van der Waals surface area contributed by atoms with Crippen molar-refractivity contribution in [2.24, 2.45) is 0 Å². The molecule has 0 saturated heterocycles. The first-order valence-corrected chi connectivity index (χ1v) is 8.99. The van der Waals surface area contributed by atoms with Crippen LogP contribution in [0.5, 0.6) is 5.88 Å². The van der Waals surface area contributed by atoms with E-state index in [2.05, 4.69) is 29.0 Å². The zero-order chi connectivity index (χ0) is 16.2. The zero-order valence-corrected chi connectivity index (χ0v) is 14.6. The Bertz CT molecular complexity index is 439. The van der Waals surface area contributed by atoms with Crippen molar-refractivity contribution < 1.29 is 9.53 Å². The van der Waals surface area contributed by atoms with Crippen LogP contribution in [0.1, 0.15) is 26.3 Å². The fourth-order valence-electron chi connectivity index (χ4n) is 1.94. The summed E-state index contributed by atoms with van der Waals surface area (Å²) in [7, 11) is 0. The van der Waals surface area contributed by atoms with Gasteiger partial charge in [-0.25, -0.2) is 4.98 Å². The van der Waals surface area contributed by atoms with Crippen LogP contribution in [0.25, 0.3) is 0 Å². The van der Waals surface area contributed by atoms with Crippen molar-refractivity contribution in [2.45, 2.75) is 27.3 Å². The van der Waals surface area contributed by atoms with E-state index in [0.29, 0.717) is 24.8 Å².